The largest absolute Gasteiger partial charge is 0.320 e. The molecule has 1 heterocycles. The highest BCUT2D eigenvalue weighted by molar-refractivity contribution is 5.36. The summed E-state index contributed by atoms with van der Waals surface area (Å²) >= 11 is 0. The average molecular weight is 270 g/mol. The summed E-state index contributed by atoms with van der Waals surface area (Å²) < 4.78 is 1.72. The molecular weight excluding hydrogens is 248 g/mol. The Labute approximate surface area is 120 Å². The summed E-state index contributed by atoms with van der Waals surface area (Å²) in [5, 5.41) is 0. The zero-order valence-corrected chi connectivity index (χ0v) is 12.6. The number of benzene rings is 1. The second kappa shape index (κ2) is 5.63. The zero-order chi connectivity index (χ0) is 14.9. The Bertz CT molecular complexity index is 671. The molecule has 0 fully saturated rings. The third kappa shape index (κ3) is 2.68. The summed E-state index contributed by atoms with van der Waals surface area (Å²) in [6.45, 7) is 8.11. The number of nitrogens with two attached hydrogens (primary N) is 1. The lowest BCUT2D eigenvalue weighted by molar-refractivity contribution is 0.570. The third-order valence-corrected chi connectivity index (χ3v) is 3.79. The van der Waals surface area contributed by atoms with Crippen molar-refractivity contribution in [2.75, 3.05) is 0 Å². The Morgan fingerprint density at radius 1 is 1.10 bits per heavy atom. The molecule has 0 aliphatic carbocycles. The van der Waals surface area contributed by atoms with Crippen LogP contribution in [0.1, 0.15) is 48.2 Å². The van der Waals surface area contributed by atoms with Crippen LogP contribution in [0.5, 0.6) is 0 Å². The van der Waals surface area contributed by atoms with Gasteiger partial charge in [0.15, 0.2) is 0 Å². The molecule has 2 N–H and O–H groups in total. The van der Waals surface area contributed by atoms with Gasteiger partial charge < -0.3 is 10.3 Å². The van der Waals surface area contributed by atoms with Gasteiger partial charge in [-0.15, -0.1) is 0 Å². The molecule has 0 bridgehead atoms. The van der Waals surface area contributed by atoms with Gasteiger partial charge in [-0.3, -0.25) is 4.79 Å². The van der Waals surface area contributed by atoms with E-state index in [9.17, 15) is 4.79 Å². The quantitative estimate of drug-likeness (QED) is 0.931. The molecule has 0 saturated heterocycles. The van der Waals surface area contributed by atoms with Gasteiger partial charge >= 0.3 is 0 Å². The molecule has 0 amide bonds. The van der Waals surface area contributed by atoms with E-state index in [-0.39, 0.29) is 17.6 Å². The smallest absolute Gasteiger partial charge is 0.255 e. The van der Waals surface area contributed by atoms with Crippen LogP contribution in [0, 0.1) is 13.8 Å². The zero-order valence-electron chi connectivity index (χ0n) is 12.6. The van der Waals surface area contributed by atoms with Gasteiger partial charge in [0.1, 0.15) is 0 Å². The minimum atomic E-state index is -0.381. The second-order valence-corrected chi connectivity index (χ2v) is 5.59. The summed E-state index contributed by atoms with van der Waals surface area (Å²) in [6.07, 6.45) is 1.81. The molecule has 1 unspecified atom stereocenters. The SMILES string of the molecule is Cc1ccc(C(N)c2cccn(C(C)C)c2=O)cc1C. The molecule has 0 aliphatic heterocycles. The molecule has 106 valence electrons. The first-order valence-corrected chi connectivity index (χ1v) is 6.95. The molecule has 2 aromatic rings. The number of pyridine rings is 1. The van der Waals surface area contributed by atoms with Crippen LogP contribution in [0.2, 0.25) is 0 Å². The molecule has 3 heteroatoms. The Kier molecular flexibility index (Phi) is 4.09. The topological polar surface area (TPSA) is 48.0 Å². The number of hydrogen-bond acceptors (Lipinski definition) is 2. The maximum absolute atomic E-state index is 12.5. The number of hydrogen-bond donors (Lipinski definition) is 1. The molecule has 1 atom stereocenters. The lowest BCUT2D eigenvalue weighted by atomic mass is 9.97. The van der Waals surface area contributed by atoms with E-state index in [1.165, 1.54) is 11.1 Å². The summed E-state index contributed by atoms with van der Waals surface area (Å²) in [5.41, 5.74) is 10.3. The van der Waals surface area contributed by atoms with E-state index in [0.29, 0.717) is 5.56 Å². The van der Waals surface area contributed by atoms with Crippen LogP contribution in [0.15, 0.2) is 41.3 Å². The van der Waals surface area contributed by atoms with Crippen molar-refractivity contribution in [2.45, 2.75) is 39.8 Å². The Balaban J connectivity index is 2.48. The first-order valence-electron chi connectivity index (χ1n) is 6.95. The van der Waals surface area contributed by atoms with Crippen molar-refractivity contribution in [1.29, 1.82) is 0 Å². The first kappa shape index (κ1) is 14.5. The molecule has 1 aromatic carbocycles. The van der Waals surface area contributed by atoms with Crippen LogP contribution in [-0.4, -0.2) is 4.57 Å². The van der Waals surface area contributed by atoms with Crippen molar-refractivity contribution in [1.82, 2.24) is 4.57 Å². The predicted molar refractivity (Wildman–Crippen MR) is 83.0 cm³/mol. The van der Waals surface area contributed by atoms with Gasteiger partial charge in [0.05, 0.1) is 6.04 Å². The molecule has 0 saturated carbocycles. The molecule has 3 nitrogen and oxygen atoms in total. The van der Waals surface area contributed by atoms with Gasteiger partial charge in [0.2, 0.25) is 0 Å². The van der Waals surface area contributed by atoms with Crippen LogP contribution in [-0.2, 0) is 0 Å². The summed E-state index contributed by atoms with van der Waals surface area (Å²) in [5.74, 6) is 0. The molecule has 2 rings (SSSR count). The van der Waals surface area contributed by atoms with E-state index in [2.05, 4.69) is 26.0 Å². The average Bonchev–Trinajstić information content (AvgIpc) is 2.41. The molecule has 1 aromatic heterocycles. The van der Waals surface area contributed by atoms with Crippen LogP contribution in [0.4, 0.5) is 0 Å². The molecule has 0 spiro atoms. The second-order valence-electron chi connectivity index (χ2n) is 5.59. The van der Waals surface area contributed by atoms with Crippen LogP contribution in [0.3, 0.4) is 0 Å². The lowest BCUT2D eigenvalue weighted by Crippen LogP contribution is -2.29. The van der Waals surface area contributed by atoms with Gasteiger partial charge in [-0.05, 0) is 50.5 Å². The van der Waals surface area contributed by atoms with E-state index in [4.69, 9.17) is 5.73 Å². The Morgan fingerprint density at radius 3 is 2.40 bits per heavy atom. The van der Waals surface area contributed by atoms with Gasteiger partial charge in [0, 0.05) is 17.8 Å². The minimum Gasteiger partial charge on any atom is -0.320 e. The number of rotatable bonds is 3. The summed E-state index contributed by atoms with van der Waals surface area (Å²) in [6, 6.07) is 9.57. The number of nitrogens with zero attached hydrogens (tertiary/aromatic N) is 1. The van der Waals surface area contributed by atoms with Crippen molar-refractivity contribution in [3.63, 3.8) is 0 Å². The highest BCUT2D eigenvalue weighted by Gasteiger charge is 2.15. The maximum Gasteiger partial charge on any atom is 0.255 e. The Morgan fingerprint density at radius 2 is 1.80 bits per heavy atom. The van der Waals surface area contributed by atoms with E-state index < -0.39 is 0 Å². The third-order valence-electron chi connectivity index (χ3n) is 3.79. The van der Waals surface area contributed by atoms with E-state index in [0.717, 1.165) is 5.56 Å². The lowest BCUT2D eigenvalue weighted by Gasteiger charge is -2.16. The number of aryl methyl sites for hydroxylation is 2. The van der Waals surface area contributed by atoms with Crippen molar-refractivity contribution in [3.05, 3.63) is 69.1 Å². The van der Waals surface area contributed by atoms with Gasteiger partial charge in [-0.25, -0.2) is 0 Å². The predicted octanol–water partition coefficient (Wildman–Crippen LogP) is 3.09. The monoisotopic (exact) mass is 270 g/mol. The van der Waals surface area contributed by atoms with Gasteiger partial charge in [-0.1, -0.05) is 24.3 Å². The Hall–Kier alpha value is -1.87. The van der Waals surface area contributed by atoms with E-state index in [1.54, 1.807) is 4.57 Å². The fourth-order valence-corrected chi connectivity index (χ4v) is 2.31. The summed E-state index contributed by atoms with van der Waals surface area (Å²) in [7, 11) is 0. The molecule has 0 aliphatic rings. The van der Waals surface area contributed by atoms with Gasteiger partial charge in [0.25, 0.3) is 5.56 Å². The normalized spacial score (nSPS) is 12.7. The van der Waals surface area contributed by atoms with Crippen molar-refractivity contribution >= 4 is 0 Å². The van der Waals surface area contributed by atoms with Crippen LogP contribution < -0.4 is 11.3 Å². The van der Waals surface area contributed by atoms with E-state index in [1.807, 2.05) is 38.2 Å². The standard InChI is InChI=1S/C17H22N2O/c1-11(2)19-9-5-6-15(17(19)20)16(18)14-8-7-12(3)13(4)10-14/h5-11,16H,18H2,1-4H3. The van der Waals surface area contributed by atoms with Crippen molar-refractivity contribution in [2.24, 2.45) is 5.73 Å². The molecule has 20 heavy (non-hydrogen) atoms. The maximum atomic E-state index is 12.5. The van der Waals surface area contributed by atoms with Crippen LogP contribution in [0.25, 0.3) is 0 Å². The van der Waals surface area contributed by atoms with Crippen LogP contribution >= 0.6 is 0 Å². The van der Waals surface area contributed by atoms with Gasteiger partial charge in [-0.2, -0.15) is 0 Å². The van der Waals surface area contributed by atoms with Crippen molar-refractivity contribution in [3.8, 4) is 0 Å². The minimum absolute atomic E-state index is 0.00627. The molecule has 0 radical (unpaired) electrons. The fourth-order valence-electron chi connectivity index (χ4n) is 2.31. The number of aromatic nitrogens is 1. The van der Waals surface area contributed by atoms with Crippen molar-refractivity contribution < 1.29 is 0 Å². The van der Waals surface area contributed by atoms with E-state index >= 15 is 0 Å². The summed E-state index contributed by atoms with van der Waals surface area (Å²) in [4.78, 5) is 12.5. The highest BCUT2D eigenvalue weighted by Crippen LogP contribution is 2.20. The first-order chi connectivity index (χ1) is 9.41. The molecular formula is C17H22N2O. The fraction of sp³-hybridized carbons (Fsp3) is 0.353. The highest BCUT2D eigenvalue weighted by atomic mass is 16.1.